The summed E-state index contributed by atoms with van der Waals surface area (Å²) in [5.41, 5.74) is 0. The summed E-state index contributed by atoms with van der Waals surface area (Å²) in [4.78, 5) is 20.0. The fourth-order valence-corrected chi connectivity index (χ4v) is 0.586. The second kappa shape index (κ2) is 6.79. The first kappa shape index (κ1) is 11.1. The number of ketones is 1. The second-order valence-electron chi connectivity index (χ2n) is 2.37. The number of cyclic esters (lactones) is 1. The fourth-order valence-electron chi connectivity index (χ4n) is 0.586. The van der Waals surface area contributed by atoms with Crippen molar-refractivity contribution in [3.63, 3.8) is 0 Å². The van der Waals surface area contributed by atoms with Crippen LogP contribution in [-0.4, -0.2) is 30.1 Å². The molecular formula is C8H14O4. The molecule has 0 amide bonds. The highest BCUT2D eigenvalue weighted by Crippen LogP contribution is 2.01. The van der Waals surface area contributed by atoms with Crippen molar-refractivity contribution in [1.29, 1.82) is 0 Å². The average Bonchev–Trinajstić information content (AvgIpc) is 2.55. The Morgan fingerprint density at radius 1 is 1.67 bits per heavy atom. The van der Waals surface area contributed by atoms with Crippen LogP contribution in [0.1, 0.15) is 26.2 Å². The van der Waals surface area contributed by atoms with Crippen LogP contribution in [0.5, 0.6) is 0 Å². The largest absolute Gasteiger partial charge is 0.466 e. The van der Waals surface area contributed by atoms with Gasteiger partial charge in [-0.2, -0.15) is 0 Å². The van der Waals surface area contributed by atoms with Gasteiger partial charge in [-0.15, -0.1) is 0 Å². The second-order valence-corrected chi connectivity index (χ2v) is 2.37. The zero-order chi connectivity index (χ0) is 9.40. The van der Waals surface area contributed by atoms with E-state index in [4.69, 9.17) is 5.11 Å². The molecule has 4 nitrogen and oxygen atoms in total. The van der Waals surface area contributed by atoms with Gasteiger partial charge in [0.05, 0.1) is 6.61 Å². The summed E-state index contributed by atoms with van der Waals surface area (Å²) in [6.45, 7) is 2.05. The number of carbonyl (C=O) groups excluding carboxylic acids is 2. The van der Waals surface area contributed by atoms with Crippen LogP contribution in [0.15, 0.2) is 0 Å². The Morgan fingerprint density at radius 3 is 2.42 bits per heavy atom. The first-order valence-corrected chi connectivity index (χ1v) is 3.99. The molecule has 0 saturated carbocycles. The van der Waals surface area contributed by atoms with Crippen LogP contribution in [0.2, 0.25) is 0 Å². The summed E-state index contributed by atoms with van der Waals surface area (Å²) in [7, 11) is 0. The number of aliphatic hydroxyl groups is 1. The van der Waals surface area contributed by atoms with Gasteiger partial charge in [-0.05, 0) is 6.42 Å². The van der Waals surface area contributed by atoms with Crippen LogP contribution in [0, 0.1) is 0 Å². The molecule has 1 fully saturated rings. The van der Waals surface area contributed by atoms with Gasteiger partial charge in [0.15, 0.2) is 5.78 Å². The maximum Gasteiger partial charge on any atom is 0.305 e. The van der Waals surface area contributed by atoms with Crippen molar-refractivity contribution in [2.75, 3.05) is 13.2 Å². The van der Waals surface area contributed by atoms with Gasteiger partial charge in [0, 0.05) is 12.8 Å². The van der Waals surface area contributed by atoms with Gasteiger partial charge in [-0.25, -0.2) is 0 Å². The molecule has 0 unspecified atom stereocenters. The van der Waals surface area contributed by atoms with Gasteiger partial charge in [0.2, 0.25) is 0 Å². The Kier molecular flexibility index (Phi) is 6.28. The van der Waals surface area contributed by atoms with Crippen molar-refractivity contribution in [2.24, 2.45) is 0 Å². The summed E-state index contributed by atoms with van der Waals surface area (Å²) in [6.07, 6.45) is 1.98. The number of hydrogen-bond acceptors (Lipinski definition) is 4. The molecule has 12 heavy (non-hydrogen) atoms. The highest BCUT2D eigenvalue weighted by molar-refractivity contribution is 5.78. The van der Waals surface area contributed by atoms with Crippen LogP contribution in [0.3, 0.4) is 0 Å². The lowest BCUT2D eigenvalue weighted by Gasteiger charge is -1.81. The van der Waals surface area contributed by atoms with Gasteiger partial charge in [0.25, 0.3) is 0 Å². The number of hydrogen-bond donors (Lipinski definition) is 1. The van der Waals surface area contributed by atoms with Gasteiger partial charge in [-0.3, -0.25) is 9.59 Å². The number of ether oxygens (including phenoxy) is 1. The standard InChI is InChI=1S/C4H6O2.C4H8O2/c5-4-2-1-3-6-4;1-2-4(6)3-5/h1-3H2;5H,2-3H2,1H3. The van der Waals surface area contributed by atoms with Crippen molar-refractivity contribution in [3.8, 4) is 0 Å². The van der Waals surface area contributed by atoms with E-state index < -0.39 is 0 Å². The third-order valence-electron chi connectivity index (χ3n) is 1.36. The molecule has 1 aliphatic heterocycles. The van der Waals surface area contributed by atoms with E-state index in [1.54, 1.807) is 6.92 Å². The number of aliphatic hydroxyl groups excluding tert-OH is 1. The predicted molar refractivity (Wildman–Crippen MR) is 42.6 cm³/mol. The third-order valence-corrected chi connectivity index (χ3v) is 1.36. The smallest absolute Gasteiger partial charge is 0.305 e. The van der Waals surface area contributed by atoms with E-state index in [1.165, 1.54) is 0 Å². The third kappa shape index (κ3) is 5.85. The van der Waals surface area contributed by atoms with Crippen LogP contribution < -0.4 is 0 Å². The minimum Gasteiger partial charge on any atom is -0.466 e. The quantitative estimate of drug-likeness (QED) is 0.611. The molecule has 1 rings (SSSR count). The summed E-state index contributed by atoms with van der Waals surface area (Å²) in [6, 6.07) is 0. The van der Waals surface area contributed by atoms with E-state index in [0.717, 1.165) is 6.42 Å². The predicted octanol–water partition coefficient (Wildman–Crippen LogP) is 0.281. The lowest BCUT2D eigenvalue weighted by atomic mass is 10.3. The molecule has 1 aliphatic rings. The normalized spacial score (nSPS) is 14.7. The first-order chi connectivity index (χ1) is 5.70. The minimum absolute atomic E-state index is 0.0463. The summed E-state index contributed by atoms with van der Waals surface area (Å²) in [5.74, 6) is -0.148. The zero-order valence-corrected chi connectivity index (χ0v) is 7.21. The van der Waals surface area contributed by atoms with Crippen LogP contribution in [0.25, 0.3) is 0 Å². The van der Waals surface area contributed by atoms with Crippen molar-refractivity contribution < 1.29 is 19.4 Å². The highest BCUT2D eigenvalue weighted by Gasteiger charge is 2.08. The molecule has 0 aliphatic carbocycles. The topological polar surface area (TPSA) is 63.6 Å². The molecule has 0 spiro atoms. The maximum atomic E-state index is 10.0. The van der Waals surface area contributed by atoms with Gasteiger partial charge < -0.3 is 9.84 Å². The Labute approximate surface area is 71.5 Å². The molecule has 0 aromatic heterocycles. The van der Waals surface area contributed by atoms with Gasteiger partial charge >= 0.3 is 5.97 Å². The van der Waals surface area contributed by atoms with E-state index in [9.17, 15) is 9.59 Å². The van der Waals surface area contributed by atoms with E-state index in [-0.39, 0.29) is 18.4 Å². The molecule has 0 radical (unpaired) electrons. The maximum absolute atomic E-state index is 10.0. The molecule has 0 aromatic carbocycles. The van der Waals surface area contributed by atoms with E-state index in [1.807, 2.05) is 0 Å². The molecule has 0 bridgehead atoms. The van der Waals surface area contributed by atoms with Crippen LogP contribution in [0.4, 0.5) is 0 Å². The number of rotatable bonds is 2. The Morgan fingerprint density at radius 2 is 2.33 bits per heavy atom. The summed E-state index contributed by atoms with van der Waals surface area (Å²) >= 11 is 0. The van der Waals surface area contributed by atoms with Gasteiger partial charge in [0.1, 0.15) is 6.61 Å². The molecule has 70 valence electrons. The molecule has 0 aromatic rings. The van der Waals surface area contributed by atoms with Crippen molar-refractivity contribution in [2.45, 2.75) is 26.2 Å². The Hall–Kier alpha value is -0.900. The SMILES string of the molecule is CCC(=O)CO.O=C1CCCO1. The number of carbonyl (C=O) groups is 2. The monoisotopic (exact) mass is 174 g/mol. The van der Waals surface area contributed by atoms with Crippen molar-refractivity contribution in [1.82, 2.24) is 0 Å². The molecule has 0 atom stereocenters. The summed E-state index contributed by atoms with van der Waals surface area (Å²) in [5, 5.41) is 7.99. The molecule has 4 heteroatoms. The summed E-state index contributed by atoms with van der Waals surface area (Å²) < 4.78 is 4.51. The van der Waals surface area contributed by atoms with Crippen molar-refractivity contribution >= 4 is 11.8 Å². The lowest BCUT2D eigenvalue weighted by molar-refractivity contribution is -0.137. The van der Waals surface area contributed by atoms with Crippen LogP contribution in [-0.2, 0) is 14.3 Å². The van der Waals surface area contributed by atoms with E-state index in [2.05, 4.69) is 4.74 Å². The van der Waals surface area contributed by atoms with Crippen LogP contribution >= 0.6 is 0 Å². The molecular weight excluding hydrogens is 160 g/mol. The van der Waals surface area contributed by atoms with Gasteiger partial charge in [-0.1, -0.05) is 6.92 Å². The van der Waals surface area contributed by atoms with Crippen molar-refractivity contribution in [3.05, 3.63) is 0 Å². The lowest BCUT2D eigenvalue weighted by Crippen LogP contribution is -1.99. The molecule has 1 heterocycles. The average molecular weight is 174 g/mol. The number of Topliss-reactive ketones (excluding diaryl/α,β-unsaturated/α-hetero) is 1. The molecule has 1 N–H and O–H groups in total. The first-order valence-electron chi connectivity index (χ1n) is 3.99. The van der Waals surface area contributed by atoms with E-state index in [0.29, 0.717) is 19.4 Å². The highest BCUT2D eigenvalue weighted by atomic mass is 16.5. The van der Waals surface area contributed by atoms with E-state index >= 15 is 0 Å². The molecule has 1 saturated heterocycles. The Balaban J connectivity index is 0.000000202. The zero-order valence-electron chi connectivity index (χ0n) is 7.21. The minimum atomic E-state index is -0.309. The number of esters is 1. The fraction of sp³-hybridized carbons (Fsp3) is 0.750. The Bertz CT molecular complexity index is 137.